The molecule has 2 fully saturated rings. The summed E-state index contributed by atoms with van der Waals surface area (Å²) in [7, 11) is 2.24. The van der Waals surface area contributed by atoms with Gasteiger partial charge in [0.2, 0.25) is 0 Å². The largest absolute Gasteiger partial charge is 0.314 e. The summed E-state index contributed by atoms with van der Waals surface area (Å²) in [6.07, 6.45) is 6.89. The van der Waals surface area contributed by atoms with Gasteiger partial charge in [-0.3, -0.25) is 0 Å². The highest BCUT2D eigenvalue weighted by atomic mass is 15.1. The van der Waals surface area contributed by atoms with Gasteiger partial charge in [0.15, 0.2) is 0 Å². The molecule has 0 amide bonds. The average molecular weight is 253 g/mol. The fourth-order valence-corrected chi connectivity index (χ4v) is 3.33. The van der Waals surface area contributed by atoms with Crippen LogP contribution in [0, 0.1) is 5.92 Å². The van der Waals surface area contributed by atoms with Gasteiger partial charge in [-0.1, -0.05) is 0 Å². The lowest BCUT2D eigenvalue weighted by Crippen LogP contribution is -2.41. The van der Waals surface area contributed by atoms with Gasteiger partial charge in [-0.05, 0) is 91.3 Å². The third-order valence-corrected chi connectivity index (χ3v) is 4.79. The van der Waals surface area contributed by atoms with Gasteiger partial charge in [-0.15, -0.1) is 0 Å². The van der Waals surface area contributed by atoms with E-state index >= 15 is 0 Å². The number of hydrogen-bond acceptors (Lipinski definition) is 3. The van der Waals surface area contributed by atoms with Crippen LogP contribution in [-0.4, -0.2) is 62.2 Å². The highest BCUT2D eigenvalue weighted by molar-refractivity contribution is 4.78. The third kappa shape index (κ3) is 4.52. The molecule has 1 unspecified atom stereocenters. The Bertz CT molecular complexity index is 218. The Kier molecular flexibility index (Phi) is 5.93. The molecule has 0 aromatic heterocycles. The van der Waals surface area contributed by atoms with Gasteiger partial charge >= 0.3 is 0 Å². The second-order valence-corrected chi connectivity index (χ2v) is 6.29. The van der Waals surface area contributed by atoms with Crippen LogP contribution in [0.4, 0.5) is 0 Å². The highest BCUT2D eigenvalue weighted by Gasteiger charge is 2.21. The van der Waals surface area contributed by atoms with Crippen LogP contribution in [0.3, 0.4) is 0 Å². The van der Waals surface area contributed by atoms with Crippen LogP contribution in [0.15, 0.2) is 0 Å². The number of likely N-dealkylation sites (tertiary alicyclic amines) is 2. The molecule has 0 radical (unpaired) electrons. The van der Waals surface area contributed by atoms with Gasteiger partial charge in [-0.25, -0.2) is 0 Å². The Morgan fingerprint density at radius 3 is 2.44 bits per heavy atom. The van der Waals surface area contributed by atoms with E-state index < -0.39 is 0 Å². The van der Waals surface area contributed by atoms with E-state index in [2.05, 4.69) is 29.1 Å². The Labute approximate surface area is 113 Å². The molecule has 2 aliphatic rings. The summed E-state index contributed by atoms with van der Waals surface area (Å²) in [5.74, 6) is 0.896. The van der Waals surface area contributed by atoms with Crippen molar-refractivity contribution in [1.29, 1.82) is 0 Å². The van der Waals surface area contributed by atoms with Gasteiger partial charge in [0.1, 0.15) is 0 Å². The third-order valence-electron chi connectivity index (χ3n) is 4.79. The minimum absolute atomic E-state index is 0.706. The first-order valence-corrected chi connectivity index (χ1v) is 7.90. The maximum Gasteiger partial charge on any atom is 0.00679 e. The van der Waals surface area contributed by atoms with Crippen molar-refractivity contribution in [3.63, 3.8) is 0 Å². The van der Waals surface area contributed by atoms with Gasteiger partial charge in [-0.2, -0.15) is 0 Å². The first-order chi connectivity index (χ1) is 8.75. The molecule has 2 saturated heterocycles. The zero-order valence-corrected chi connectivity index (χ0v) is 12.3. The van der Waals surface area contributed by atoms with E-state index in [0.29, 0.717) is 6.04 Å². The lowest BCUT2D eigenvalue weighted by molar-refractivity contribution is 0.189. The number of hydrogen-bond donors (Lipinski definition) is 1. The molecule has 106 valence electrons. The second kappa shape index (κ2) is 7.46. The van der Waals surface area contributed by atoms with Crippen molar-refractivity contribution >= 4 is 0 Å². The van der Waals surface area contributed by atoms with Crippen molar-refractivity contribution in [2.24, 2.45) is 5.92 Å². The molecular formula is C15H31N3. The van der Waals surface area contributed by atoms with Crippen molar-refractivity contribution in [2.75, 3.05) is 46.3 Å². The fourth-order valence-electron chi connectivity index (χ4n) is 3.33. The van der Waals surface area contributed by atoms with E-state index in [9.17, 15) is 0 Å². The predicted molar refractivity (Wildman–Crippen MR) is 78.0 cm³/mol. The summed E-state index contributed by atoms with van der Waals surface area (Å²) < 4.78 is 0. The predicted octanol–water partition coefficient (Wildman–Crippen LogP) is 1.79. The van der Waals surface area contributed by atoms with Crippen LogP contribution in [0.5, 0.6) is 0 Å². The average Bonchev–Trinajstić information content (AvgIpc) is 2.88. The summed E-state index contributed by atoms with van der Waals surface area (Å²) in [6, 6.07) is 0.706. The topological polar surface area (TPSA) is 18.5 Å². The molecule has 0 spiro atoms. The number of rotatable bonds is 6. The lowest BCUT2D eigenvalue weighted by atomic mass is 9.90. The summed E-state index contributed by atoms with van der Waals surface area (Å²) in [6.45, 7) is 10.1. The molecule has 0 aliphatic carbocycles. The smallest absolute Gasteiger partial charge is 0.00679 e. The van der Waals surface area contributed by atoms with Crippen LogP contribution in [-0.2, 0) is 0 Å². The Balaban J connectivity index is 1.52. The molecule has 0 aromatic carbocycles. The van der Waals surface area contributed by atoms with Crippen molar-refractivity contribution in [2.45, 2.75) is 45.1 Å². The first kappa shape index (κ1) is 14.3. The molecule has 2 heterocycles. The van der Waals surface area contributed by atoms with Crippen molar-refractivity contribution in [3.8, 4) is 0 Å². The standard InChI is InChI=1S/C15H31N3/c1-14(15-6-12-17(2)13-7-15)16-8-5-11-18-9-3-4-10-18/h14-16H,3-13H2,1-2H3. The van der Waals surface area contributed by atoms with Crippen LogP contribution < -0.4 is 5.32 Å². The van der Waals surface area contributed by atoms with Gasteiger partial charge in [0, 0.05) is 6.04 Å². The molecule has 2 aliphatic heterocycles. The first-order valence-electron chi connectivity index (χ1n) is 7.90. The molecule has 18 heavy (non-hydrogen) atoms. The molecule has 3 heteroatoms. The molecule has 0 bridgehead atoms. The molecule has 1 N–H and O–H groups in total. The molecular weight excluding hydrogens is 222 g/mol. The molecule has 3 nitrogen and oxygen atoms in total. The second-order valence-electron chi connectivity index (χ2n) is 6.29. The van der Waals surface area contributed by atoms with Crippen LogP contribution in [0.1, 0.15) is 39.0 Å². The maximum absolute atomic E-state index is 3.75. The maximum atomic E-state index is 3.75. The van der Waals surface area contributed by atoms with E-state index in [1.165, 1.54) is 71.4 Å². The fraction of sp³-hybridized carbons (Fsp3) is 1.00. The SMILES string of the molecule is CC(NCCCN1CCCC1)C1CCN(C)CC1. The number of piperidine rings is 1. The van der Waals surface area contributed by atoms with Crippen LogP contribution in [0.2, 0.25) is 0 Å². The zero-order valence-electron chi connectivity index (χ0n) is 12.3. The highest BCUT2D eigenvalue weighted by Crippen LogP contribution is 2.19. The molecule has 0 aromatic rings. The van der Waals surface area contributed by atoms with Crippen LogP contribution in [0.25, 0.3) is 0 Å². The zero-order chi connectivity index (χ0) is 12.8. The molecule has 2 rings (SSSR count). The molecule has 0 saturated carbocycles. The molecule has 1 atom stereocenters. The summed E-state index contributed by atoms with van der Waals surface area (Å²) in [4.78, 5) is 5.07. The van der Waals surface area contributed by atoms with Gasteiger partial charge in [0.25, 0.3) is 0 Å². The van der Waals surface area contributed by atoms with Crippen molar-refractivity contribution in [3.05, 3.63) is 0 Å². The normalized spacial score (nSPS) is 25.7. The van der Waals surface area contributed by atoms with Crippen LogP contribution >= 0.6 is 0 Å². The minimum Gasteiger partial charge on any atom is -0.314 e. The Hall–Kier alpha value is -0.120. The monoisotopic (exact) mass is 253 g/mol. The quantitative estimate of drug-likeness (QED) is 0.728. The summed E-state index contributed by atoms with van der Waals surface area (Å²) in [5, 5.41) is 3.75. The Morgan fingerprint density at radius 2 is 1.78 bits per heavy atom. The van der Waals surface area contributed by atoms with Gasteiger partial charge in [0.05, 0.1) is 0 Å². The van der Waals surface area contributed by atoms with Crippen molar-refractivity contribution < 1.29 is 0 Å². The van der Waals surface area contributed by atoms with Crippen molar-refractivity contribution in [1.82, 2.24) is 15.1 Å². The number of nitrogens with one attached hydrogen (secondary N) is 1. The van der Waals surface area contributed by atoms with E-state index in [1.807, 2.05) is 0 Å². The van der Waals surface area contributed by atoms with E-state index in [1.54, 1.807) is 0 Å². The lowest BCUT2D eigenvalue weighted by Gasteiger charge is -2.33. The summed E-state index contributed by atoms with van der Waals surface area (Å²) in [5.41, 5.74) is 0. The van der Waals surface area contributed by atoms with E-state index in [4.69, 9.17) is 0 Å². The summed E-state index contributed by atoms with van der Waals surface area (Å²) >= 11 is 0. The number of nitrogens with zero attached hydrogens (tertiary/aromatic N) is 2. The van der Waals surface area contributed by atoms with E-state index in [0.717, 1.165) is 5.92 Å². The van der Waals surface area contributed by atoms with Gasteiger partial charge < -0.3 is 15.1 Å². The Morgan fingerprint density at radius 1 is 1.11 bits per heavy atom. The minimum atomic E-state index is 0.706. The van der Waals surface area contributed by atoms with E-state index in [-0.39, 0.29) is 0 Å².